The first-order chi connectivity index (χ1) is 6.70. The molecule has 1 aliphatic carbocycles. The van der Waals surface area contributed by atoms with Crippen molar-refractivity contribution in [1.82, 2.24) is 0 Å². The molecule has 1 nitrogen and oxygen atoms in total. The first kappa shape index (κ1) is 12.8. The Balaban J connectivity index is 0.00000112. The maximum Gasteiger partial charge on any atom is 0.129 e. The van der Waals surface area contributed by atoms with Crippen LogP contribution in [0.3, 0.4) is 0 Å². The Bertz CT molecular complexity index is 319. The van der Waals surface area contributed by atoms with Gasteiger partial charge in [-0.1, -0.05) is 24.1 Å². The highest BCUT2D eigenvalue weighted by atomic mass is 35.5. The molecule has 1 aromatic rings. The van der Waals surface area contributed by atoms with E-state index in [1.54, 1.807) is 12.1 Å². The number of halogens is 3. The lowest BCUT2D eigenvalue weighted by Crippen LogP contribution is -2.27. The van der Waals surface area contributed by atoms with Gasteiger partial charge in [0.15, 0.2) is 0 Å². The molecular formula is C11H14Cl2FN. The maximum atomic E-state index is 13.5. The first-order valence-corrected chi connectivity index (χ1v) is 5.27. The van der Waals surface area contributed by atoms with Gasteiger partial charge in [-0.2, -0.15) is 0 Å². The molecule has 0 radical (unpaired) electrons. The monoisotopic (exact) mass is 249 g/mol. The summed E-state index contributed by atoms with van der Waals surface area (Å²) in [6, 6.07) is 4.48. The molecule has 1 atom stereocenters. The molecule has 1 aliphatic rings. The topological polar surface area (TPSA) is 26.0 Å². The van der Waals surface area contributed by atoms with Crippen LogP contribution in [0.25, 0.3) is 0 Å². The Kier molecular flexibility index (Phi) is 4.38. The second-order valence-corrected chi connectivity index (χ2v) is 4.26. The van der Waals surface area contributed by atoms with Crippen molar-refractivity contribution in [2.45, 2.75) is 25.3 Å². The van der Waals surface area contributed by atoms with Crippen molar-refractivity contribution in [2.75, 3.05) is 0 Å². The van der Waals surface area contributed by atoms with Gasteiger partial charge in [-0.15, -0.1) is 12.4 Å². The van der Waals surface area contributed by atoms with E-state index in [-0.39, 0.29) is 24.3 Å². The molecule has 84 valence electrons. The molecule has 0 saturated heterocycles. The quantitative estimate of drug-likeness (QED) is 0.850. The molecule has 15 heavy (non-hydrogen) atoms. The zero-order valence-electron chi connectivity index (χ0n) is 8.25. The zero-order valence-corrected chi connectivity index (χ0v) is 9.82. The van der Waals surface area contributed by atoms with Crippen LogP contribution >= 0.6 is 24.0 Å². The molecule has 0 heterocycles. The van der Waals surface area contributed by atoms with Gasteiger partial charge in [0.2, 0.25) is 0 Å². The van der Waals surface area contributed by atoms with Gasteiger partial charge in [-0.05, 0) is 30.9 Å². The second kappa shape index (κ2) is 5.15. The van der Waals surface area contributed by atoms with Crippen LogP contribution in [0.4, 0.5) is 4.39 Å². The van der Waals surface area contributed by atoms with Crippen LogP contribution < -0.4 is 5.73 Å². The smallest absolute Gasteiger partial charge is 0.129 e. The van der Waals surface area contributed by atoms with E-state index in [4.69, 9.17) is 17.3 Å². The summed E-state index contributed by atoms with van der Waals surface area (Å²) in [5.41, 5.74) is 6.46. The van der Waals surface area contributed by atoms with Gasteiger partial charge >= 0.3 is 0 Å². The van der Waals surface area contributed by atoms with Crippen LogP contribution in [-0.4, -0.2) is 0 Å². The normalized spacial score (nSPS) is 17.8. The van der Waals surface area contributed by atoms with E-state index in [1.165, 1.54) is 12.5 Å². The second-order valence-electron chi connectivity index (χ2n) is 3.85. The molecule has 0 amide bonds. The third kappa shape index (κ3) is 2.44. The predicted molar refractivity (Wildman–Crippen MR) is 62.9 cm³/mol. The fraction of sp³-hybridized carbons (Fsp3) is 0.455. The van der Waals surface area contributed by atoms with Crippen molar-refractivity contribution >= 4 is 24.0 Å². The number of hydrogen-bond donors (Lipinski definition) is 1. The summed E-state index contributed by atoms with van der Waals surface area (Å²) in [7, 11) is 0. The van der Waals surface area contributed by atoms with Crippen molar-refractivity contribution in [1.29, 1.82) is 0 Å². The number of nitrogens with two attached hydrogens (primary N) is 1. The number of benzene rings is 1. The zero-order chi connectivity index (χ0) is 10.1. The maximum absolute atomic E-state index is 13.5. The minimum atomic E-state index is -0.281. The highest BCUT2D eigenvalue weighted by Gasteiger charge is 2.28. The SMILES string of the molecule is Cl.N[C@H](c1c(F)cccc1Cl)C1CCC1. The summed E-state index contributed by atoms with van der Waals surface area (Å²) in [5.74, 6) is 0.126. The summed E-state index contributed by atoms with van der Waals surface area (Å²) in [6.45, 7) is 0. The predicted octanol–water partition coefficient (Wildman–Crippen LogP) is 3.70. The van der Waals surface area contributed by atoms with E-state index in [0.717, 1.165) is 12.8 Å². The summed E-state index contributed by atoms with van der Waals surface area (Å²) < 4.78 is 13.5. The van der Waals surface area contributed by atoms with Gasteiger partial charge in [-0.3, -0.25) is 0 Å². The highest BCUT2D eigenvalue weighted by molar-refractivity contribution is 6.31. The molecule has 0 unspecified atom stereocenters. The molecule has 1 saturated carbocycles. The van der Waals surface area contributed by atoms with Crippen molar-refractivity contribution in [3.05, 3.63) is 34.6 Å². The van der Waals surface area contributed by atoms with Crippen molar-refractivity contribution < 1.29 is 4.39 Å². The molecule has 0 aromatic heterocycles. The first-order valence-electron chi connectivity index (χ1n) is 4.89. The van der Waals surface area contributed by atoms with Gasteiger partial charge in [0.05, 0.1) is 0 Å². The van der Waals surface area contributed by atoms with Crippen molar-refractivity contribution in [3.8, 4) is 0 Å². The van der Waals surface area contributed by atoms with Crippen molar-refractivity contribution in [2.24, 2.45) is 11.7 Å². The fourth-order valence-corrected chi connectivity index (χ4v) is 2.15. The molecule has 2 N–H and O–H groups in total. The summed E-state index contributed by atoms with van der Waals surface area (Å²) in [5, 5.41) is 0.449. The fourth-order valence-electron chi connectivity index (χ4n) is 1.86. The number of hydrogen-bond acceptors (Lipinski definition) is 1. The van der Waals surface area contributed by atoms with Crippen LogP contribution in [0.15, 0.2) is 18.2 Å². The van der Waals surface area contributed by atoms with E-state index >= 15 is 0 Å². The van der Waals surface area contributed by atoms with Gasteiger partial charge < -0.3 is 5.73 Å². The van der Waals surface area contributed by atoms with E-state index in [0.29, 0.717) is 16.5 Å². The van der Waals surface area contributed by atoms with Gasteiger partial charge in [0, 0.05) is 16.6 Å². The average molecular weight is 250 g/mol. The molecule has 4 heteroatoms. The Hall–Kier alpha value is -0.310. The molecule has 1 fully saturated rings. The highest BCUT2D eigenvalue weighted by Crippen LogP contribution is 2.39. The molecule has 1 aromatic carbocycles. The van der Waals surface area contributed by atoms with Gasteiger partial charge in [0.1, 0.15) is 5.82 Å². The summed E-state index contributed by atoms with van der Waals surface area (Å²) in [4.78, 5) is 0. The number of rotatable bonds is 2. The molecule has 0 spiro atoms. The van der Waals surface area contributed by atoms with Gasteiger partial charge in [-0.25, -0.2) is 4.39 Å². The largest absolute Gasteiger partial charge is 0.324 e. The molecule has 0 bridgehead atoms. The van der Waals surface area contributed by atoms with Crippen LogP contribution in [0.5, 0.6) is 0 Å². The van der Waals surface area contributed by atoms with Crippen LogP contribution in [0.1, 0.15) is 30.9 Å². The molecular weight excluding hydrogens is 236 g/mol. The van der Waals surface area contributed by atoms with E-state index < -0.39 is 0 Å². The standard InChI is InChI=1S/C11H13ClFN.ClH/c12-8-5-2-6-9(13)10(8)11(14)7-3-1-4-7;/h2,5-7,11H,1,3-4,14H2;1H/t11-;/m0./s1. The van der Waals surface area contributed by atoms with E-state index in [1.807, 2.05) is 0 Å². The molecule has 0 aliphatic heterocycles. The van der Waals surface area contributed by atoms with Gasteiger partial charge in [0.25, 0.3) is 0 Å². The average Bonchev–Trinajstić information content (AvgIpc) is 2.00. The summed E-state index contributed by atoms with van der Waals surface area (Å²) in [6.07, 6.45) is 3.38. The lowest BCUT2D eigenvalue weighted by atomic mass is 9.77. The van der Waals surface area contributed by atoms with E-state index in [2.05, 4.69) is 0 Å². The third-order valence-electron chi connectivity index (χ3n) is 2.99. The van der Waals surface area contributed by atoms with Crippen LogP contribution in [0.2, 0.25) is 5.02 Å². The van der Waals surface area contributed by atoms with Crippen LogP contribution in [-0.2, 0) is 0 Å². The Morgan fingerprint density at radius 1 is 1.40 bits per heavy atom. The van der Waals surface area contributed by atoms with Crippen LogP contribution in [0, 0.1) is 11.7 Å². The minimum absolute atomic E-state index is 0. The Morgan fingerprint density at radius 2 is 2.07 bits per heavy atom. The Labute approximate surface area is 100 Å². The lowest BCUT2D eigenvalue weighted by molar-refractivity contribution is 0.260. The Morgan fingerprint density at radius 3 is 2.53 bits per heavy atom. The minimum Gasteiger partial charge on any atom is -0.324 e. The van der Waals surface area contributed by atoms with Crippen molar-refractivity contribution in [3.63, 3.8) is 0 Å². The molecule has 2 rings (SSSR count). The third-order valence-corrected chi connectivity index (χ3v) is 3.32. The lowest BCUT2D eigenvalue weighted by Gasteiger charge is -2.32. The van der Waals surface area contributed by atoms with E-state index in [9.17, 15) is 4.39 Å². The summed E-state index contributed by atoms with van der Waals surface area (Å²) >= 11 is 5.93.